The maximum absolute atomic E-state index is 5.53. The predicted octanol–water partition coefficient (Wildman–Crippen LogP) is 2.53. The highest BCUT2D eigenvalue weighted by atomic mass is 15.3. The van der Waals surface area contributed by atoms with Crippen LogP contribution in [0, 0.1) is 6.92 Å². The molecule has 0 saturated heterocycles. The van der Waals surface area contributed by atoms with Crippen molar-refractivity contribution in [2.24, 2.45) is 0 Å². The van der Waals surface area contributed by atoms with Crippen LogP contribution in [0.2, 0.25) is 0 Å². The number of hydrogen-bond donors (Lipinski definition) is 1. The number of nitrogen functional groups attached to an aromatic ring is 1. The Morgan fingerprint density at radius 3 is 2.29 bits per heavy atom. The fraction of sp³-hybridized carbons (Fsp3) is 0.231. The molecule has 0 aliphatic carbocycles. The van der Waals surface area contributed by atoms with Gasteiger partial charge in [-0.05, 0) is 38.1 Å². The van der Waals surface area contributed by atoms with Gasteiger partial charge in [0, 0.05) is 12.2 Å². The first kappa shape index (κ1) is 11.4. The molecule has 4 heteroatoms. The number of benzene rings is 1. The lowest BCUT2D eigenvalue weighted by molar-refractivity contribution is 0.936. The minimum atomic E-state index is 0.439. The summed E-state index contributed by atoms with van der Waals surface area (Å²) >= 11 is 0. The Labute approximate surface area is 101 Å². The van der Waals surface area contributed by atoms with Crippen molar-refractivity contribution < 1.29 is 0 Å². The minimum absolute atomic E-state index is 0.439. The molecule has 17 heavy (non-hydrogen) atoms. The van der Waals surface area contributed by atoms with E-state index < -0.39 is 0 Å². The van der Waals surface area contributed by atoms with Crippen molar-refractivity contribution in [3.8, 4) is 0 Å². The van der Waals surface area contributed by atoms with Crippen molar-refractivity contribution in [2.45, 2.75) is 13.8 Å². The van der Waals surface area contributed by atoms with Gasteiger partial charge in [-0.3, -0.25) is 0 Å². The van der Waals surface area contributed by atoms with E-state index in [9.17, 15) is 0 Å². The summed E-state index contributed by atoms with van der Waals surface area (Å²) in [4.78, 5) is 2.09. The second kappa shape index (κ2) is 4.82. The Morgan fingerprint density at radius 1 is 1.06 bits per heavy atom. The number of nitrogens with two attached hydrogens (primary N) is 1. The molecule has 0 bridgehead atoms. The molecule has 1 aromatic carbocycles. The summed E-state index contributed by atoms with van der Waals surface area (Å²) in [5, 5.41) is 7.98. The first-order chi connectivity index (χ1) is 8.20. The van der Waals surface area contributed by atoms with Crippen LogP contribution in [-0.2, 0) is 0 Å². The third kappa shape index (κ3) is 2.53. The summed E-state index contributed by atoms with van der Waals surface area (Å²) in [6.45, 7) is 4.99. The molecule has 0 amide bonds. The van der Waals surface area contributed by atoms with Gasteiger partial charge in [0.1, 0.15) is 5.82 Å². The third-order valence-electron chi connectivity index (χ3n) is 2.61. The molecule has 0 spiro atoms. The molecule has 1 aromatic heterocycles. The fourth-order valence-electron chi connectivity index (χ4n) is 1.68. The molecule has 0 aliphatic heterocycles. The average molecular weight is 228 g/mol. The highest BCUT2D eigenvalue weighted by molar-refractivity contribution is 5.60. The van der Waals surface area contributed by atoms with Gasteiger partial charge < -0.3 is 10.6 Å². The van der Waals surface area contributed by atoms with Crippen molar-refractivity contribution >= 4 is 17.3 Å². The van der Waals surface area contributed by atoms with E-state index in [2.05, 4.69) is 53.2 Å². The highest BCUT2D eigenvalue weighted by Gasteiger charge is 2.08. The topological polar surface area (TPSA) is 55.0 Å². The quantitative estimate of drug-likeness (QED) is 0.877. The number of aromatic nitrogens is 2. The lowest BCUT2D eigenvalue weighted by Crippen LogP contribution is -2.17. The van der Waals surface area contributed by atoms with Crippen molar-refractivity contribution in [3.63, 3.8) is 0 Å². The Morgan fingerprint density at radius 2 is 1.76 bits per heavy atom. The van der Waals surface area contributed by atoms with E-state index in [1.807, 2.05) is 6.07 Å². The largest absolute Gasteiger partial charge is 0.382 e. The average Bonchev–Trinajstić information content (AvgIpc) is 2.35. The number of hydrogen-bond acceptors (Lipinski definition) is 4. The molecule has 0 unspecified atom stereocenters. The van der Waals surface area contributed by atoms with Gasteiger partial charge in [0.2, 0.25) is 0 Å². The third-order valence-corrected chi connectivity index (χ3v) is 2.61. The van der Waals surface area contributed by atoms with Gasteiger partial charge in [-0.15, -0.1) is 10.2 Å². The zero-order valence-electron chi connectivity index (χ0n) is 10.1. The maximum Gasteiger partial charge on any atom is 0.155 e. The summed E-state index contributed by atoms with van der Waals surface area (Å²) < 4.78 is 0. The van der Waals surface area contributed by atoms with Gasteiger partial charge >= 0.3 is 0 Å². The van der Waals surface area contributed by atoms with Gasteiger partial charge in [0.05, 0.1) is 0 Å². The molecular formula is C13H16N4. The van der Waals surface area contributed by atoms with Gasteiger partial charge in [-0.1, -0.05) is 17.7 Å². The van der Waals surface area contributed by atoms with E-state index in [1.165, 1.54) is 5.56 Å². The Balaban J connectivity index is 2.33. The first-order valence-corrected chi connectivity index (χ1v) is 5.64. The standard InChI is InChI=1S/C13H16N4/c1-3-17(11-6-4-10(2)5-7-11)13-9-8-12(14)15-16-13/h4-9H,3H2,1-2H3,(H2,14,15). The van der Waals surface area contributed by atoms with E-state index in [4.69, 9.17) is 5.73 Å². The Bertz CT molecular complexity index is 430. The normalized spacial score (nSPS) is 10.2. The van der Waals surface area contributed by atoms with Crippen LogP contribution in [0.25, 0.3) is 0 Å². The van der Waals surface area contributed by atoms with Crippen LogP contribution < -0.4 is 10.6 Å². The zero-order chi connectivity index (χ0) is 12.3. The highest BCUT2D eigenvalue weighted by Crippen LogP contribution is 2.23. The van der Waals surface area contributed by atoms with Crippen LogP contribution in [0.5, 0.6) is 0 Å². The van der Waals surface area contributed by atoms with Crippen LogP contribution in [-0.4, -0.2) is 16.7 Å². The summed E-state index contributed by atoms with van der Waals surface area (Å²) in [6, 6.07) is 12.0. The monoisotopic (exact) mass is 228 g/mol. The van der Waals surface area contributed by atoms with Gasteiger partial charge in [0.25, 0.3) is 0 Å². The molecule has 0 aliphatic rings. The summed E-state index contributed by atoms with van der Waals surface area (Å²) in [5.41, 5.74) is 7.89. The lowest BCUT2D eigenvalue weighted by atomic mass is 10.2. The van der Waals surface area contributed by atoms with E-state index in [-0.39, 0.29) is 0 Å². The molecule has 2 N–H and O–H groups in total. The van der Waals surface area contributed by atoms with E-state index in [0.717, 1.165) is 18.1 Å². The number of anilines is 3. The van der Waals surface area contributed by atoms with Crippen LogP contribution in [0.4, 0.5) is 17.3 Å². The van der Waals surface area contributed by atoms with Crippen molar-refractivity contribution in [1.82, 2.24) is 10.2 Å². The Hall–Kier alpha value is -2.10. The van der Waals surface area contributed by atoms with E-state index >= 15 is 0 Å². The van der Waals surface area contributed by atoms with Gasteiger partial charge in [-0.25, -0.2) is 0 Å². The van der Waals surface area contributed by atoms with Crippen molar-refractivity contribution in [3.05, 3.63) is 42.0 Å². The van der Waals surface area contributed by atoms with Crippen molar-refractivity contribution in [1.29, 1.82) is 0 Å². The molecule has 0 radical (unpaired) electrons. The van der Waals surface area contributed by atoms with Crippen LogP contribution in [0.15, 0.2) is 36.4 Å². The second-order valence-corrected chi connectivity index (χ2v) is 3.90. The second-order valence-electron chi connectivity index (χ2n) is 3.90. The number of aryl methyl sites for hydroxylation is 1. The fourth-order valence-corrected chi connectivity index (χ4v) is 1.68. The smallest absolute Gasteiger partial charge is 0.155 e. The van der Waals surface area contributed by atoms with Crippen LogP contribution >= 0.6 is 0 Å². The van der Waals surface area contributed by atoms with Crippen molar-refractivity contribution in [2.75, 3.05) is 17.2 Å². The molecule has 4 nitrogen and oxygen atoms in total. The zero-order valence-corrected chi connectivity index (χ0v) is 10.1. The van der Waals surface area contributed by atoms with Crippen LogP contribution in [0.3, 0.4) is 0 Å². The minimum Gasteiger partial charge on any atom is -0.382 e. The molecule has 2 aromatic rings. The molecule has 1 heterocycles. The number of nitrogens with zero attached hydrogens (tertiary/aromatic N) is 3. The summed E-state index contributed by atoms with van der Waals surface area (Å²) in [7, 11) is 0. The lowest BCUT2D eigenvalue weighted by Gasteiger charge is -2.21. The molecule has 2 rings (SSSR count). The predicted molar refractivity (Wildman–Crippen MR) is 70.3 cm³/mol. The van der Waals surface area contributed by atoms with Gasteiger partial charge in [-0.2, -0.15) is 0 Å². The molecule has 0 saturated carbocycles. The Kier molecular flexibility index (Phi) is 3.23. The van der Waals surface area contributed by atoms with Gasteiger partial charge in [0.15, 0.2) is 5.82 Å². The molecule has 0 atom stereocenters. The van der Waals surface area contributed by atoms with E-state index in [0.29, 0.717) is 5.82 Å². The SMILES string of the molecule is CCN(c1ccc(C)cc1)c1ccc(N)nn1. The van der Waals surface area contributed by atoms with Crippen LogP contribution in [0.1, 0.15) is 12.5 Å². The molecular weight excluding hydrogens is 212 g/mol. The number of rotatable bonds is 3. The molecule has 0 fully saturated rings. The maximum atomic E-state index is 5.53. The van der Waals surface area contributed by atoms with E-state index in [1.54, 1.807) is 6.07 Å². The summed E-state index contributed by atoms with van der Waals surface area (Å²) in [5.74, 6) is 1.25. The summed E-state index contributed by atoms with van der Waals surface area (Å²) in [6.07, 6.45) is 0. The first-order valence-electron chi connectivity index (χ1n) is 5.64. The molecule has 88 valence electrons.